The van der Waals surface area contributed by atoms with E-state index in [4.69, 9.17) is 0 Å². The minimum atomic E-state index is 0.635. The highest BCUT2D eigenvalue weighted by atomic mass is 15.5. The van der Waals surface area contributed by atoms with Gasteiger partial charge in [0.25, 0.3) is 0 Å². The van der Waals surface area contributed by atoms with Crippen LogP contribution in [0.2, 0.25) is 0 Å². The SMILES string of the molecule is CCCCn1nnnc1Cn1nc(C)cc1C. The van der Waals surface area contributed by atoms with Gasteiger partial charge < -0.3 is 0 Å². The minimum absolute atomic E-state index is 0.635. The Morgan fingerprint density at radius 3 is 2.71 bits per heavy atom. The largest absolute Gasteiger partial charge is 0.262 e. The van der Waals surface area contributed by atoms with Gasteiger partial charge in [0.2, 0.25) is 0 Å². The zero-order valence-electron chi connectivity index (χ0n) is 10.6. The third kappa shape index (κ3) is 2.69. The Labute approximate surface area is 101 Å². The van der Waals surface area contributed by atoms with Crippen LogP contribution >= 0.6 is 0 Å². The van der Waals surface area contributed by atoms with Gasteiger partial charge in [-0.3, -0.25) is 4.68 Å². The summed E-state index contributed by atoms with van der Waals surface area (Å²) in [4.78, 5) is 0. The molecule has 0 saturated carbocycles. The van der Waals surface area contributed by atoms with Crippen molar-refractivity contribution in [3.63, 3.8) is 0 Å². The third-order valence-electron chi connectivity index (χ3n) is 2.72. The van der Waals surface area contributed by atoms with Crippen molar-refractivity contribution in [3.8, 4) is 0 Å². The lowest BCUT2D eigenvalue weighted by Crippen LogP contribution is -2.12. The predicted octanol–water partition coefficient (Wildman–Crippen LogP) is 1.33. The maximum absolute atomic E-state index is 4.41. The van der Waals surface area contributed by atoms with Crippen molar-refractivity contribution in [1.29, 1.82) is 0 Å². The topological polar surface area (TPSA) is 61.4 Å². The van der Waals surface area contributed by atoms with Crippen LogP contribution in [0.1, 0.15) is 37.0 Å². The summed E-state index contributed by atoms with van der Waals surface area (Å²) in [6.45, 7) is 7.70. The fourth-order valence-electron chi connectivity index (χ4n) is 1.79. The molecule has 0 aliphatic heterocycles. The van der Waals surface area contributed by atoms with Crippen molar-refractivity contribution in [2.45, 2.75) is 46.7 Å². The number of unbranched alkanes of at least 4 members (excludes halogenated alkanes) is 1. The van der Waals surface area contributed by atoms with E-state index in [1.807, 2.05) is 23.2 Å². The molecule has 0 unspecified atom stereocenters. The maximum Gasteiger partial charge on any atom is 0.172 e. The summed E-state index contributed by atoms with van der Waals surface area (Å²) in [5.74, 6) is 0.865. The Hall–Kier alpha value is -1.72. The Bertz CT molecular complexity index is 484. The molecule has 0 saturated heterocycles. The number of nitrogens with zero attached hydrogens (tertiary/aromatic N) is 6. The van der Waals surface area contributed by atoms with Gasteiger partial charge in [0, 0.05) is 12.2 Å². The molecular weight excluding hydrogens is 216 g/mol. The van der Waals surface area contributed by atoms with Crippen molar-refractivity contribution < 1.29 is 0 Å². The van der Waals surface area contributed by atoms with Crippen molar-refractivity contribution in [3.05, 3.63) is 23.3 Å². The van der Waals surface area contributed by atoms with Gasteiger partial charge in [-0.15, -0.1) is 5.10 Å². The molecule has 0 fully saturated rings. The maximum atomic E-state index is 4.41. The summed E-state index contributed by atoms with van der Waals surface area (Å²) < 4.78 is 3.80. The molecule has 0 spiro atoms. The van der Waals surface area contributed by atoms with E-state index in [1.165, 1.54) is 0 Å². The monoisotopic (exact) mass is 234 g/mol. The summed E-state index contributed by atoms with van der Waals surface area (Å²) in [7, 11) is 0. The van der Waals surface area contributed by atoms with Crippen LogP contribution in [-0.2, 0) is 13.1 Å². The van der Waals surface area contributed by atoms with Crippen LogP contribution < -0.4 is 0 Å². The summed E-state index contributed by atoms with van der Waals surface area (Å²) in [6, 6.07) is 2.06. The van der Waals surface area contributed by atoms with Gasteiger partial charge in [0.1, 0.15) is 6.54 Å². The summed E-state index contributed by atoms with van der Waals surface area (Å²) in [5.41, 5.74) is 2.16. The molecule has 17 heavy (non-hydrogen) atoms. The van der Waals surface area contributed by atoms with E-state index in [2.05, 4.69) is 33.6 Å². The number of hydrogen-bond donors (Lipinski definition) is 0. The summed E-state index contributed by atoms with van der Waals surface area (Å²) in [5, 5.41) is 16.2. The van der Waals surface area contributed by atoms with Crippen LogP contribution in [0.15, 0.2) is 6.07 Å². The van der Waals surface area contributed by atoms with Crippen LogP contribution in [0.3, 0.4) is 0 Å². The van der Waals surface area contributed by atoms with Gasteiger partial charge in [-0.25, -0.2) is 4.68 Å². The van der Waals surface area contributed by atoms with Crippen LogP contribution in [-0.4, -0.2) is 30.0 Å². The number of aryl methyl sites for hydroxylation is 3. The lowest BCUT2D eigenvalue weighted by molar-refractivity contribution is 0.511. The van der Waals surface area contributed by atoms with E-state index in [9.17, 15) is 0 Å². The molecule has 0 aromatic carbocycles. The molecule has 2 heterocycles. The Kier molecular flexibility index (Phi) is 3.51. The summed E-state index contributed by atoms with van der Waals surface area (Å²) in [6.07, 6.45) is 2.23. The second kappa shape index (κ2) is 5.07. The molecule has 92 valence electrons. The highest BCUT2D eigenvalue weighted by Crippen LogP contribution is 2.05. The molecule has 2 rings (SSSR count). The standard InChI is InChI=1S/C11H18N6/c1-4-5-6-16-11(12-14-15-16)8-17-10(3)7-9(2)13-17/h7H,4-6,8H2,1-3H3. The molecular formula is C11H18N6. The average molecular weight is 234 g/mol. The fourth-order valence-corrected chi connectivity index (χ4v) is 1.79. The van der Waals surface area contributed by atoms with Gasteiger partial charge in [-0.1, -0.05) is 13.3 Å². The number of aromatic nitrogens is 6. The number of tetrazole rings is 1. The molecule has 0 aliphatic rings. The lowest BCUT2D eigenvalue weighted by atomic mass is 10.3. The Balaban J connectivity index is 2.13. The fraction of sp³-hybridized carbons (Fsp3) is 0.636. The van der Waals surface area contributed by atoms with Gasteiger partial charge in [0.05, 0.1) is 5.69 Å². The van der Waals surface area contributed by atoms with Gasteiger partial charge >= 0.3 is 0 Å². The zero-order valence-corrected chi connectivity index (χ0v) is 10.6. The zero-order chi connectivity index (χ0) is 12.3. The van der Waals surface area contributed by atoms with Gasteiger partial charge in [-0.2, -0.15) is 5.10 Å². The molecule has 0 amide bonds. The minimum Gasteiger partial charge on any atom is -0.262 e. The van der Waals surface area contributed by atoms with E-state index in [0.717, 1.165) is 36.6 Å². The highest BCUT2D eigenvalue weighted by Gasteiger charge is 2.08. The first kappa shape index (κ1) is 11.8. The first-order chi connectivity index (χ1) is 8.20. The molecule has 0 bridgehead atoms. The molecule has 0 aliphatic carbocycles. The quantitative estimate of drug-likeness (QED) is 0.783. The van der Waals surface area contributed by atoms with Crippen LogP contribution in [0.25, 0.3) is 0 Å². The number of rotatable bonds is 5. The molecule has 6 nitrogen and oxygen atoms in total. The Morgan fingerprint density at radius 1 is 1.24 bits per heavy atom. The van der Waals surface area contributed by atoms with Gasteiger partial charge in [-0.05, 0) is 36.8 Å². The second-order valence-corrected chi connectivity index (χ2v) is 4.26. The van der Waals surface area contributed by atoms with Crippen LogP contribution in [0.5, 0.6) is 0 Å². The van der Waals surface area contributed by atoms with Crippen molar-refractivity contribution >= 4 is 0 Å². The van der Waals surface area contributed by atoms with Crippen LogP contribution in [0, 0.1) is 13.8 Å². The lowest BCUT2D eigenvalue weighted by Gasteiger charge is -2.05. The molecule has 0 atom stereocenters. The van der Waals surface area contributed by atoms with E-state index in [1.54, 1.807) is 0 Å². The molecule has 6 heteroatoms. The smallest absolute Gasteiger partial charge is 0.172 e. The Morgan fingerprint density at radius 2 is 2.06 bits per heavy atom. The van der Waals surface area contributed by atoms with Crippen molar-refractivity contribution in [2.75, 3.05) is 0 Å². The van der Waals surface area contributed by atoms with E-state index in [0.29, 0.717) is 6.54 Å². The van der Waals surface area contributed by atoms with Gasteiger partial charge in [0.15, 0.2) is 5.82 Å². The van der Waals surface area contributed by atoms with Crippen LogP contribution in [0.4, 0.5) is 0 Å². The first-order valence-electron chi connectivity index (χ1n) is 5.96. The van der Waals surface area contributed by atoms with E-state index < -0.39 is 0 Å². The third-order valence-corrected chi connectivity index (χ3v) is 2.72. The molecule has 2 aromatic rings. The highest BCUT2D eigenvalue weighted by molar-refractivity contribution is 5.07. The molecule has 0 N–H and O–H groups in total. The normalized spacial score (nSPS) is 11.0. The first-order valence-corrected chi connectivity index (χ1v) is 5.96. The molecule has 2 aromatic heterocycles. The predicted molar refractivity (Wildman–Crippen MR) is 63.5 cm³/mol. The van der Waals surface area contributed by atoms with Crippen molar-refractivity contribution in [2.24, 2.45) is 0 Å². The van der Waals surface area contributed by atoms with E-state index in [-0.39, 0.29) is 0 Å². The number of hydrogen-bond acceptors (Lipinski definition) is 4. The van der Waals surface area contributed by atoms with Crippen molar-refractivity contribution in [1.82, 2.24) is 30.0 Å². The molecule has 0 radical (unpaired) electrons. The average Bonchev–Trinajstić information content (AvgIpc) is 2.84. The second-order valence-electron chi connectivity index (χ2n) is 4.26. The van der Waals surface area contributed by atoms with E-state index >= 15 is 0 Å². The summed E-state index contributed by atoms with van der Waals surface area (Å²) >= 11 is 0.